The van der Waals surface area contributed by atoms with E-state index in [0.717, 1.165) is 0 Å². The van der Waals surface area contributed by atoms with Crippen molar-refractivity contribution in [3.63, 3.8) is 0 Å². The van der Waals surface area contributed by atoms with E-state index in [-0.39, 0.29) is 0 Å². The van der Waals surface area contributed by atoms with Crippen LogP contribution in [0, 0.1) is 0 Å². The predicted octanol–water partition coefficient (Wildman–Crippen LogP) is -1.05. The summed E-state index contributed by atoms with van der Waals surface area (Å²) in [6.45, 7) is 0. The first kappa shape index (κ1) is 12.9. The minimum absolute atomic E-state index is 0.632. The summed E-state index contributed by atoms with van der Waals surface area (Å²) in [5.74, 6) is -5.15. The molecule has 0 aliphatic heterocycles. The maximum atomic E-state index is 10.5. The standard InChI is InChI=1S/C9H11NO7/c10-5(9(16)17)8(15)4-6(13)2(11)1-3(12)7(4)14/h1,5,8,11-15H,10H2,(H,16,17). The third-order valence-electron chi connectivity index (χ3n) is 2.19. The van der Waals surface area contributed by atoms with Crippen LogP contribution >= 0.6 is 0 Å². The molecule has 94 valence electrons. The van der Waals surface area contributed by atoms with Gasteiger partial charge >= 0.3 is 5.97 Å². The third-order valence-corrected chi connectivity index (χ3v) is 2.19. The second-order valence-electron chi connectivity index (χ2n) is 3.33. The van der Waals surface area contributed by atoms with Gasteiger partial charge in [0.1, 0.15) is 12.1 Å². The average molecular weight is 245 g/mol. The molecular weight excluding hydrogens is 234 g/mol. The Labute approximate surface area is 94.8 Å². The molecule has 0 heterocycles. The molecule has 0 radical (unpaired) electrons. The Bertz CT molecular complexity index is 433. The molecule has 8 nitrogen and oxygen atoms in total. The van der Waals surface area contributed by atoms with Crippen molar-refractivity contribution in [3.05, 3.63) is 11.6 Å². The second kappa shape index (κ2) is 4.36. The van der Waals surface area contributed by atoms with Crippen LogP contribution in [0.4, 0.5) is 0 Å². The molecule has 1 rings (SSSR count). The summed E-state index contributed by atoms with van der Waals surface area (Å²) < 4.78 is 0. The zero-order valence-electron chi connectivity index (χ0n) is 8.40. The highest BCUT2D eigenvalue weighted by atomic mass is 16.4. The molecule has 0 aliphatic carbocycles. The summed E-state index contributed by atoms with van der Waals surface area (Å²) >= 11 is 0. The van der Waals surface area contributed by atoms with Crippen LogP contribution in [-0.2, 0) is 4.79 Å². The number of nitrogens with two attached hydrogens (primary N) is 1. The number of carboxylic acids is 1. The molecule has 0 aromatic heterocycles. The number of hydrogen-bond donors (Lipinski definition) is 7. The minimum Gasteiger partial charge on any atom is -0.504 e. The Balaban J connectivity index is 3.35. The van der Waals surface area contributed by atoms with Gasteiger partial charge in [-0.05, 0) is 0 Å². The lowest BCUT2D eigenvalue weighted by Gasteiger charge is -2.18. The third kappa shape index (κ3) is 2.17. The molecule has 1 aromatic carbocycles. The predicted molar refractivity (Wildman–Crippen MR) is 53.7 cm³/mol. The van der Waals surface area contributed by atoms with Crippen molar-refractivity contribution in [1.82, 2.24) is 0 Å². The Morgan fingerprint density at radius 1 is 1.12 bits per heavy atom. The van der Waals surface area contributed by atoms with Crippen molar-refractivity contribution in [2.45, 2.75) is 12.1 Å². The fraction of sp³-hybridized carbons (Fsp3) is 0.222. The number of hydrogen-bond acceptors (Lipinski definition) is 7. The summed E-state index contributed by atoms with van der Waals surface area (Å²) in [6, 6.07) is -1.21. The van der Waals surface area contributed by atoms with E-state index in [2.05, 4.69) is 0 Å². The molecular formula is C9H11NO7. The van der Waals surface area contributed by atoms with Crippen LogP contribution in [0.15, 0.2) is 6.07 Å². The van der Waals surface area contributed by atoms with Gasteiger partial charge in [0.2, 0.25) is 0 Å². The smallest absolute Gasteiger partial charge is 0.323 e. The van der Waals surface area contributed by atoms with Crippen LogP contribution in [0.5, 0.6) is 23.0 Å². The van der Waals surface area contributed by atoms with Gasteiger partial charge in [-0.15, -0.1) is 0 Å². The first-order chi connectivity index (χ1) is 7.77. The zero-order valence-corrected chi connectivity index (χ0v) is 8.40. The molecule has 17 heavy (non-hydrogen) atoms. The second-order valence-corrected chi connectivity index (χ2v) is 3.33. The maximum Gasteiger partial charge on any atom is 0.323 e. The van der Waals surface area contributed by atoms with E-state index in [0.29, 0.717) is 6.07 Å². The fourth-order valence-corrected chi connectivity index (χ4v) is 1.25. The maximum absolute atomic E-state index is 10.5. The van der Waals surface area contributed by atoms with Gasteiger partial charge < -0.3 is 36.4 Å². The highest BCUT2D eigenvalue weighted by Gasteiger charge is 2.31. The molecule has 0 aliphatic rings. The van der Waals surface area contributed by atoms with Crippen molar-refractivity contribution < 1.29 is 35.4 Å². The largest absolute Gasteiger partial charge is 0.504 e. The monoisotopic (exact) mass is 245 g/mol. The molecule has 0 spiro atoms. The van der Waals surface area contributed by atoms with E-state index in [1.807, 2.05) is 0 Å². The van der Waals surface area contributed by atoms with E-state index >= 15 is 0 Å². The molecule has 8 heteroatoms. The number of benzene rings is 1. The van der Waals surface area contributed by atoms with E-state index in [1.54, 1.807) is 0 Å². The quantitative estimate of drug-likeness (QED) is 0.262. The van der Waals surface area contributed by atoms with Crippen LogP contribution < -0.4 is 5.73 Å². The van der Waals surface area contributed by atoms with Gasteiger partial charge in [0.05, 0.1) is 5.56 Å². The van der Waals surface area contributed by atoms with Crippen molar-refractivity contribution in [3.8, 4) is 23.0 Å². The molecule has 0 bridgehead atoms. The summed E-state index contributed by atoms with van der Waals surface area (Å²) in [6.07, 6.45) is -1.99. The molecule has 0 saturated heterocycles. The SMILES string of the molecule is NC(C(=O)O)C(O)c1c(O)c(O)cc(O)c1O. The Hall–Kier alpha value is -2.19. The van der Waals surface area contributed by atoms with Gasteiger partial charge in [-0.3, -0.25) is 4.79 Å². The number of rotatable bonds is 3. The van der Waals surface area contributed by atoms with Crippen LogP contribution in [0.2, 0.25) is 0 Å². The van der Waals surface area contributed by atoms with E-state index in [9.17, 15) is 20.1 Å². The van der Waals surface area contributed by atoms with Crippen molar-refractivity contribution in [2.75, 3.05) is 0 Å². The summed E-state index contributed by atoms with van der Waals surface area (Å²) in [5, 5.41) is 55.1. The summed E-state index contributed by atoms with van der Waals surface area (Å²) in [4.78, 5) is 10.5. The Morgan fingerprint density at radius 3 is 1.88 bits per heavy atom. The zero-order chi connectivity index (χ0) is 13.3. The van der Waals surface area contributed by atoms with Crippen LogP contribution in [0.3, 0.4) is 0 Å². The van der Waals surface area contributed by atoms with Gasteiger partial charge in [-0.2, -0.15) is 0 Å². The van der Waals surface area contributed by atoms with Crippen molar-refractivity contribution in [2.24, 2.45) is 5.73 Å². The van der Waals surface area contributed by atoms with Gasteiger partial charge in [-0.1, -0.05) is 0 Å². The average Bonchev–Trinajstić information content (AvgIpc) is 2.25. The first-order valence-corrected chi connectivity index (χ1v) is 4.40. The number of carbonyl (C=O) groups is 1. The van der Waals surface area contributed by atoms with Gasteiger partial charge in [0.15, 0.2) is 23.0 Å². The van der Waals surface area contributed by atoms with Crippen LogP contribution in [-0.4, -0.2) is 42.7 Å². The van der Waals surface area contributed by atoms with Crippen molar-refractivity contribution >= 4 is 5.97 Å². The topological polar surface area (TPSA) is 164 Å². The number of aliphatic carboxylic acids is 1. The highest BCUT2D eigenvalue weighted by molar-refractivity contribution is 5.75. The van der Waals surface area contributed by atoms with Gasteiger partial charge in [0, 0.05) is 6.07 Å². The number of aromatic hydroxyl groups is 4. The molecule has 2 atom stereocenters. The van der Waals surface area contributed by atoms with Crippen LogP contribution in [0.1, 0.15) is 11.7 Å². The van der Waals surface area contributed by atoms with E-state index in [4.69, 9.17) is 21.1 Å². The molecule has 2 unspecified atom stereocenters. The molecule has 0 fully saturated rings. The number of aliphatic hydroxyl groups excluding tert-OH is 1. The van der Waals surface area contributed by atoms with E-state index < -0.39 is 46.7 Å². The number of carboxylic acid groups (broad SMARTS) is 1. The molecule has 1 aromatic rings. The Kier molecular flexibility index (Phi) is 3.30. The number of aliphatic hydroxyl groups is 1. The van der Waals surface area contributed by atoms with E-state index in [1.165, 1.54) is 0 Å². The number of phenolic OH excluding ortho intramolecular Hbond substituents is 4. The van der Waals surface area contributed by atoms with Crippen molar-refractivity contribution in [1.29, 1.82) is 0 Å². The van der Waals surface area contributed by atoms with Gasteiger partial charge in [-0.25, -0.2) is 0 Å². The summed E-state index contributed by atoms with van der Waals surface area (Å²) in [5.41, 5.74) is 4.34. The minimum atomic E-state index is -1.99. The Morgan fingerprint density at radius 2 is 1.53 bits per heavy atom. The molecule has 0 saturated carbocycles. The highest BCUT2D eigenvalue weighted by Crippen LogP contribution is 2.45. The molecule has 0 amide bonds. The number of phenols is 4. The first-order valence-electron chi connectivity index (χ1n) is 4.40. The fourth-order valence-electron chi connectivity index (χ4n) is 1.25. The van der Waals surface area contributed by atoms with Crippen LogP contribution in [0.25, 0.3) is 0 Å². The normalized spacial score (nSPS) is 14.2. The lowest BCUT2D eigenvalue weighted by molar-refractivity contribution is -0.141. The van der Waals surface area contributed by atoms with Gasteiger partial charge in [0.25, 0.3) is 0 Å². The molecule has 8 N–H and O–H groups in total. The lowest BCUT2D eigenvalue weighted by atomic mass is 10.00. The lowest BCUT2D eigenvalue weighted by Crippen LogP contribution is -2.36. The summed E-state index contributed by atoms with van der Waals surface area (Å²) in [7, 11) is 0.